The number of carbonyl (C=O) groups excluding carboxylic acids is 1. The SMILES string of the molecule is COc1ccc(NC=O)c(C2CC2c2ccc3c(/C=C/c4ccc(CN(C)C)cc4)n[nH]c3c2)c1. The van der Waals surface area contributed by atoms with E-state index in [1.807, 2.05) is 18.2 Å². The number of fused-ring (bicyclic) bond motifs is 1. The predicted octanol–water partition coefficient (Wildman–Crippen LogP) is 5.64. The van der Waals surface area contributed by atoms with Crippen LogP contribution >= 0.6 is 0 Å². The first-order chi connectivity index (χ1) is 17.1. The maximum atomic E-state index is 11.1. The van der Waals surface area contributed by atoms with Gasteiger partial charge in [0.25, 0.3) is 0 Å². The van der Waals surface area contributed by atoms with Crippen LogP contribution in [0.15, 0.2) is 60.7 Å². The number of hydrogen-bond donors (Lipinski definition) is 2. The molecule has 35 heavy (non-hydrogen) atoms. The summed E-state index contributed by atoms with van der Waals surface area (Å²) in [4.78, 5) is 13.2. The fourth-order valence-corrected chi connectivity index (χ4v) is 4.77. The summed E-state index contributed by atoms with van der Waals surface area (Å²) in [7, 11) is 5.81. The zero-order valence-electron chi connectivity index (χ0n) is 20.3. The number of carbonyl (C=O) groups is 1. The van der Waals surface area contributed by atoms with Crippen LogP contribution in [0.3, 0.4) is 0 Å². The molecule has 1 fully saturated rings. The largest absolute Gasteiger partial charge is 0.497 e. The van der Waals surface area contributed by atoms with Crippen LogP contribution in [0, 0.1) is 0 Å². The van der Waals surface area contributed by atoms with Crippen LogP contribution in [0.25, 0.3) is 23.1 Å². The monoisotopic (exact) mass is 466 g/mol. The van der Waals surface area contributed by atoms with Crippen LogP contribution in [0.4, 0.5) is 5.69 Å². The maximum absolute atomic E-state index is 11.1. The summed E-state index contributed by atoms with van der Waals surface area (Å²) in [6.07, 6.45) is 5.93. The molecule has 0 radical (unpaired) electrons. The van der Waals surface area contributed by atoms with Crippen LogP contribution in [0.2, 0.25) is 0 Å². The van der Waals surface area contributed by atoms with Gasteiger partial charge in [-0.1, -0.05) is 42.5 Å². The van der Waals surface area contributed by atoms with E-state index in [0.29, 0.717) is 11.8 Å². The molecule has 1 aliphatic rings. The lowest BCUT2D eigenvalue weighted by molar-refractivity contribution is -0.105. The summed E-state index contributed by atoms with van der Waals surface area (Å²) in [6, 6.07) is 21.0. The number of amides is 1. The van der Waals surface area contributed by atoms with Crippen molar-refractivity contribution in [2.75, 3.05) is 26.5 Å². The van der Waals surface area contributed by atoms with Gasteiger partial charge in [0.2, 0.25) is 6.41 Å². The molecule has 6 heteroatoms. The molecule has 1 amide bonds. The molecule has 5 rings (SSSR count). The number of H-pyrrole nitrogens is 1. The van der Waals surface area contributed by atoms with Crippen LogP contribution < -0.4 is 10.1 Å². The van der Waals surface area contributed by atoms with Gasteiger partial charge in [-0.2, -0.15) is 5.10 Å². The van der Waals surface area contributed by atoms with E-state index in [0.717, 1.165) is 58.5 Å². The Kier molecular flexibility index (Phi) is 6.38. The number of hydrogen-bond acceptors (Lipinski definition) is 4. The highest BCUT2D eigenvalue weighted by Crippen LogP contribution is 2.57. The van der Waals surface area contributed by atoms with Gasteiger partial charge in [0.1, 0.15) is 5.75 Å². The van der Waals surface area contributed by atoms with E-state index in [4.69, 9.17) is 4.74 Å². The normalized spacial score (nSPS) is 17.3. The van der Waals surface area contributed by atoms with Crippen molar-refractivity contribution in [2.45, 2.75) is 24.8 Å². The number of nitrogens with zero attached hydrogens (tertiary/aromatic N) is 2. The van der Waals surface area contributed by atoms with Gasteiger partial charge in [-0.25, -0.2) is 0 Å². The van der Waals surface area contributed by atoms with Crippen molar-refractivity contribution in [3.05, 3.63) is 88.6 Å². The Morgan fingerprint density at radius 2 is 1.89 bits per heavy atom. The first-order valence-electron chi connectivity index (χ1n) is 11.8. The third-order valence-electron chi connectivity index (χ3n) is 6.62. The van der Waals surface area contributed by atoms with Gasteiger partial charge >= 0.3 is 0 Å². The third-order valence-corrected chi connectivity index (χ3v) is 6.62. The van der Waals surface area contributed by atoms with E-state index in [1.165, 1.54) is 11.1 Å². The molecule has 2 unspecified atom stereocenters. The Morgan fingerprint density at radius 3 is 2.63 bits per heavy atom. The molecule has 3 aromatic carbocycles. The first-order valence-corrected chi connectivity index (χ1v) is 11.8. The highest BCUT2D eigenvalue weighted by molar-refractivity contribution is 5.90. The minimum Gasteiger partial charge on any atom is -0.497 e. The predicted molar refractivity (Wildman–Crippen MR) is 142 cm³/mol. The van der Waals surface area contributed by atoms with Crippen LogP contribution in [0.1, 0.15) is 46.2 Å². The highest BCUT2D eigenvalue weighted by atomic mass is 16.5. The quantitative estimate of drug-likeness (QED) is 0.313. The number of anilines is 1. The van der Waals surface area contributed by atoms with Gasteiger partial charge in [-0.05, 0) is 84.9 Å². The molecule has 2 atom stereocenters. The topological polar surface area (TPSA) is 70.2 Å². The molecule has 178 valence electrons. The molecular weight excluding hydrogens is 436 g/mol. The van der Waals surface area contributed by atoms with Crippen molar-refractivity contribution in [1.29, 1.82) is 0 Å². The minimum atomic E-state index is 0.350. The lowest BCUT2D eigenvalue weighted by Crippen LogP contribution is -2.10. The second kappa shape index (κ2) is 9.76. The molecule has 0 aliphatic heterocycles. The lowest BCUT2D eigenvalue weighted by Gasteiger charge is -2.10. The zero-order valence-corrected chi connectivity index (χ0v) is 20.3. The molecule has 1 aromatic heterocycles. The number of nitrogens with one attached hydrogen (secondary N) is 2. The van der Waals surface area contributed by atoms with E-state index in [9.17, 15) is 4.79 Å². The fourth-order valence-electron chi connectivity index (χ4n) is 4.77. The van der Waals surface area contributed by atoms with Gasteiger partial charge in [-0.15, -0.1) is 0 Å². The van der Waals surface area contributed by atoms with Crippen molar-refractivity contribution >= 4 is 35.2 Å². The average Bonchev–Trinajstić information content (AvgIpc) is 3.56. The van der Waals surface area contributed by atoms with Gasteiger partial charge < -0.3 is 15.0 Å². The van der Waals surface area contributed by atoms with Gasteiger partial charge in [0, 0.05) is 17.6 Å². The average molecular weight is 467 g/mol. The zero-order chi connectivity index (χ0) is 24.4. The summed E-state index contributed by atoms with van der Waals surface area (Å²) in [5, 5.41) is 11.7. The van der Waals surface area contributed by atoms with E-state index < -0.39 is 0 Å². The number of aromatic nitrogens is 2. The highest BCUT2D eigenvalue weighted by Gasteiger charge is 2.41. The van der Waals surface area contributed by atoms with E-state index >= 15 is 0 Å². The van der Waals surface area contributed by atoms with Crippen molar-refractivity contribution in [3.63, 3.8) is 0 Å². The summed E-state index contributed by atoms with van der Waals surface area (Å²) in [6.45, 7) is 0.935. The van der Waals surface area contributed by atoms with Crippen LogP contribution in [0.5, 0.6) is 5.75 Å². The molecule has 1 aliphatic carbocycles. The second-order valence-electron chi connectivity index (χ2n) is 9.39. The standard InChI is InChI=1S/C29H30N4O2/c1-33(2)17-20-6-4-19(5-7-20)8-12-28-23-11-9-21(14-29(23)32-31-28)24-16-25(24)26-15-22(35-3)10-13-27(26)30-18-34/h4-15,18,24-25H,16-17H2,1-3H3,(H,30,34)(H,31,32)/b12-8+. The summed E-state index contributed by atoms with van der Waals surface area (Å²) in [5.74, 6) is 1.55. The van der Waals surface area contributed by atoms with Gasteiger partial charge in [0.05, 0.1) is 18.3 Å². The number of benzene rings is 3. The van der Waals surface area contributed by atoms with Crippen molar-refractivity contribution in [3.8, 4) is 5.75 Å². The van der Waals surface area contributed by atoms with Gasteiger partial charge in [0.15, 0.2) is 0 Å². The molecule has 0 bridgehead atoms. The van der Waals surface area contributed by atoms with E-state index in [2.05, 4.69) is 89.1 Å². The molecule has 1 saturated carbocycles. The second-order valence-corrected chi connectivity index (χ2v) is 9.39. The number of methoxy groups -OCH3 is 1. The van der Waals surface area contributed by atoms with Crippen molar-refractivity contribution in [2.24, 2.45) is 0 Å². The molecule has 4 aromatic rings. The van der Waals surface area contributed by atoms with Crippen LogP contribution in [-0.4, -0.2) is 42.7 Å². The van der Waals surface area contributed by atoms with E-state index in [-0.39, 0.29) is 0 Å². The molecule has 0 saturated heterocycles. The molecule has 6 nitrogen and oxygen atoms in total. The lowest BCUT2D eigenvalue weighted by atomic mass is 10.0. The molecular formula is C29H30N4O2. The minimum absolute atomic E-state index is 0.350. The molecule has 1 heterocycles. The molecule has 0 spiro atoms. The summed E-state index contributed by atoms with van der Waals surface area (Å²) in [5.41, 5.74) is 7.65. The Hall–Kier alpha value is -3.90. The number of rotatable bonds is 9. The van der Waals surface area contributed by atoms with Crippen molar-refractivity contribution < 1.29 is 9.53 Å². The Labute approximate surface area is 205 Å². The number of aromatic amines is 1. The molecule has 2 N–H and O–H groups in total. The van der Waals surface area contributed by atoms with E-state index in [1.54, 1.807) is 7.11 Å². The Morgan fingerprint density at radius 1 is 1.06 bits per heavy atom. The van der Waals surface area contributed by atoms with Crippen LogP contribution in [-0.2, 0) is 11.3 Å². The maximum Gasteiger partial charge on any atom is 0.211 e. The Bertz CT molecular complexity index is 1370. The first kappa shape index (κ1) is 22.9. The van der Waals surface area contributed by atoms with Crippen molar-refractivity contribution in [1.82, 2.24) is 15.1 Å². The third kappa shape index (κ3) is 4.98. The smallest absolute Gasteiger partial charge is 0.211 e. The Balaban J connectivity index is 1.33. The summed E-state index contributed by atoms with van der Waals surface area (Å²) >= 11 is 0. The summed E-state index contributed by atoms with van der Waals surface area (Å²) < 4.78 is 5.41. The van der Waals surface area contributed by atoms with Gasteiger partial charge in [-0.3, -0.25) is 9.89 Å². The number of ether oxygens (including phenoxy) is 1. The fraction of sp³-hybridized carbons (Fsp3) is 0.241.